The molecule has 4 nitrogen and oxygen atoms in total. The smallest absolute Gasteiger partial charge is 0.251 e. The van der Waals surface area contributed by atoms with Crippen LogP contribution >= 0.6 is 11.6 Å². The number of primary amides is 1. The summed E-state index contributed by atoms with van der Waals surface area (Å²) in [5.41, 5.74) is 5.93. The van der Waals surface area contributed by atoms with Crippen molar-refractivity contribution in [3.63, 3.8) is 0 Å². The van der Waals surface area contributed by atoms with Gasteiger partial charge in [-0.25, -0.2) is 0 Å². The van der Waals surface area contributed by atoms with Crippen LogP contribution in [0.4, 0.5) is 0 Å². The Morgan fingerprint density at radius 2 is 1.75 bits per heavy atom. The van der Waals surface area contributed by atoms with Crippen molar-refractivity contribution in [2.24, 2.45) is 11.7 Å². The fourth-order valence-corrected chi connectivity index (χ4v) is 2.84. The molecule has 20 heavy (non-hydrogen) atoms. The highest BCUT2D eigenvalue weighted by Gasteiger charge is 2.29. The number of halogens is 1. The third-order valence-corrected chi connectivity index (χ3v) is 4.07. The van der Waals surface area contributed by atoms with E-state index in [0.29, 0.717) is 10.6 Å². The molecule has 0 aliphatic heterocycles. The Labute approximate surface area is 123 Å². The van der Waals surface area contributed by atoms with Crippen molar-refractivity contribution in [2.75, 3.05) is 0 Å². The Balaban J connectivity index is 2.05. The van der Waals surface area contributed by atoms with Gasteiger partial charge in [-0.1, -0.05) is 30.9 Å². The molecule has 0 spiro atoms. The summed E-state index contributed by atoms with van der Waals surface area (Å²) in [6.45, 7) is 0. The molecular weight excluding hydrogens is 276 g/mol. The highest BCUT2D eigenvalue weighted by atomic mass is 35.5. The summed E-state index contributed by atoms with van der Waals surface area (Å²) in [4.78, 5) is 23.8. The van der Waals surface area contributed by atoms with Crippen molar-refractivity contribution in [3.05, 3.63) is 34.9 Å². The minimum absolute atomic E-state index is 0.150. The van der Waals surface area contributed by atoms with E-state index < -0.39 is 11.9 Å². The molecular formula is C15H19ClN2O2. The molecule has 2 amide bonds. The van der Waals surface area contributed by atoms with Crippen LogP contribution in [0.25, 0.3) is 0 Å². The summed E-state index contributed by atoms with van der Waals surface area (Å²) >= 11 is 5.79. The summed E-state index contributed by atoms with van der Waals surface area (Å²) < 4.78 is 0. The van der Waals surface area contributed by atoms with Gasteiger partial charge in [0.1, 0.15) is 6.04 Å². The van der Waals surface area contributed by atoms with Crippen LogP contribution in [0, 0.1) is 5.92 Å². The summed E-state index contributed by atoms with van der Waals surface area (Å²) in [7, 11) is 0. The lowest BCUT2D eigenvalue weighted by Crippen LogP contribution is -2.49. The fraction of sp³-hybridized carbons (Fsp3) is 0.467. The van der Waals surface area contributed by atoms with Gasteiger partial charge in [0.2, 0.25) is 5.91 Å². The number of nitrogens with one attached hydrogen (secondary N) is 1. The van der Waals surface area contributed by atoms with E-state index in [2.05, 4.69) is 5.32 Å². The molecule has 1 aromatic carbocycles. The van der Waals surface area contributed by atoms with Crippen LogP contribution in [-0.4, -0.2) is 17.9 Å². The first-order chi connectivity index (χ1) is 9.58. The van der Waals surface area contributed by atoms with Crippen molar-refractivity contribution in [2.45, 2.75) is 38.1 Å². The van der Waals surface area contributed by atoms with E-state index in [1.54, 1.807) is 24.3 Å². The first-order valence-corrected chi connectivity index (χ1v) is 7.31. The van der Waals surface area contributed by atoms with Gasteiger partial charge in [0.05, 0.1) is 0 Å². The Bertz CT molecular complexity index is 481. The number of nitrogens with two attached hydrogens (primary N) is 1. The van der Waals surface area contributed by atoms with E-state index >= 15 is 0 Å². The largest absolute Gasteiger partial charge is 0.368 e. The number of benzene rings is 1. The SMILES string of the molecule is NC(=O)[C@@H](NC(=O)c1ccc(Cl)cc1)C1CCCCC1. The van der Waals surface area contributed by atoms with Crippen LogP contribution in [0.15, 0.2) is 24.3 Å². The number of carbonyl (C=O) groups is 2. The first kappa shape index (κ1) is 14.9. The molecule has 1 aliphatic carbocycles. The summed E-state index contributed by atoms with van der Waals surface area (Å²) in [6.07, 6.45) is 5.24. The number of carbonyl (C=O) groups excluding carboxylic acids is 2. The molecule has 3 N–H and O–H groups in total. The van der Waals surface area contributed by atoms with Crippen molar-refractivity contribution in [1.29, 1.82) is 0 Å². The molecule has 1 aromatic rings. The molecule has 0 bridgehead atoms. The molecule has 5 heteroatoms. The Morgan fingerprint density at radius 3 is 2.30 bits per heavy atom. The minimum Gasteiger partial charge on any atom is -0.368 e. The van der Waals surface area contributed by atoms with Gasteiger partial charge in [0, 0.05) is 10.6 Å². The molecule has 2 rings (SSSR count). The maximum absolute atomic E-state index is 12.2. The Kier molecular flexibility index (Phi) is 5.01. The van der Waals surface area contributed by atoms with Gasteiger partial charge in [0.15, 0.2) is 0 Å². The molecule has 1 fully saturated rings. The van der Waals surface area contributed by atoms with Crippen LogP contribution in [0.1, 0.15) is 42.5 Å². The van der Waals surface area contributed by atoms with E-state index in [4.69, 9.17) is 17.3 Å². The van der Waals surface area contributed by atoms with Gasteiger partial charge in [-0.3, -0.25) is 9.59 Å². The Morgan fingerprint density at radius 1 is 1.15 bits per heavy atom. The van der Waals surface area contributed by atoms with E-state index in [1.807, 2.05) is 0 Å². The van der Waals surface area contributed by atoms with Crippen molar-refractivity contribution in [1.82, 2.24) is 5.32 Å². The number of hydrogen-bond acceptors (Lipinski definition) is 2. The van der Waals surface area contributed by atoms with Gasteiger partial charge in [0.25, 0.3) is 5.91 Å². The highest BCUT2D eigenvalue weighted by molar-refractivity contribution is 6.30. The van der Waals surface area contributed by atoms with Gasteiger partial charge >= 0.3 is 0 Å². The third-order valence-electron chi connectivity index (χ3n) is 3.82. The Hall–Kier alpha value is -1.55. The molecule has 0 unspecified atom stereocenters. The molecule has 0 radical (unpaired) electrons. The van der Waals surface area contributed by atoms with Gasteiger partial charge in [-0.2, -0.15) is 0 Å². The standard InChI is InChI=1S/C15H19ClN2O2/c16-12-8-6-11(7-9-12)15(20)18-13(14(17)19)10-4-2-1-3-5-10/h6-10,13H,1-5H2,(H2,17,19)(H,18,20)/t13-/m0/s1. The highest BCUT2D eigenvalue weighted by Crippen LogP contribution is 2.26. The molecule has 1 saturated carbocycles. The average Bonchev–Trinajstić information content (AvgIpc) is 2.46. The van der Waals surface area contributed by atoms with E-state index in [-0.39, 0.29) is 11.8 Å². The first-order valence-electron chi connectivity index (χ1n) is 6.93. The summed E-state index contributed by atoms with van der Waals surface area (Å²) in [5, 5.41) is 3.34. The number of amides is 2. The number of hydrogen-bond donors (Lipinski definition) is 2. The second-order valence-electron chi connectivity index (χ2n) is 5.26. The minimum atomic E-state index is -0.585. The molecule has 108 valence electrons. The molecule has 1 atom stereocenters. The van der Waals surface area contributed by atoms with Crippen molar-refractivity contribution in [3.8, 4) is 0 Å². The molecule has 1 aliphatic rings. The third kappa shape index (κ3) is 3.73. The van der Waals surface area contributed by atoms with Crippen LogP contribution in [-0.2, 0) is 4.79 Å². The average molecular weight is 295 g/mol. The zero-order valence-electron chi connectivity index (χ0n) is 11.3. The maximum Gasteiger partial charge on any atom is 0.251 e. The zero-order valence-corrected chi connectivity index (χ0v) is 12.0. The predicted octanol–water partition coefficient (Wildman–Crippen LogP) is 2.50. The number of rotatable bonds is 4. The van der Waals surface area contributed by atoms with E-state index in [9.17, 15) is 9.59 Å². The van der Waals surface area contributed by atoms with Crippen LogP contribution in [0.3, 0.4) is 0 Å². The van der Waals surface area contributed by atoms with Crippen LogP contribution in [0.5, 0.6) is 0 Å². The van der Waals surface area contributed by atoms with E-state index in [0.717, 1.165) is 25.7 Å². The van der Waals surface area contributed by atoms with Gasteiger partial charge in [-0.05, 0) is 43.0 Å². The topological polar surface area (TPSA) is 72.2 Å². The van der Waals surface area contributed by atoms with Crippen LogP contribution in [0.2, 0.25) is 5.02 Å². The molecule has 0 saturated heterocycles. The van der Waals surface area contributed by atoms with Gasteiger partial charge < -0.3 is 11.1 Å². The van der Waals surface area contributed by atoms with Crippen molar-refractivity contribution < 1.29 is 9.59 Å². The van der Waals surface area contributed by atoms with Crippen LogP contribution < -0.4 is 11.1 Å². The molecule has 0 aromatic heterocycles. The summed E-state index contributed by atoms with van der Waals surface area (Å²) in [6, 6.07) is 5.98. The lowest BCUT2D eigenvalue weighted by Gasteiger charge is -2.28. The lowest BCUT2D eigenvalue weighted by atomic mass is 9.83. The predicted molar refractivity (Wildman–Crippen MR) is 78.5 cm³/mol. The fourth-order valence-electron chi connectivity index (χ4n) is 2.71. The van der Waals surface area contributed by atoms with Crippen molar-refractivity contribution >= 4 is 23.4 Å². The zero-order chi connectivity index (χ0) is 14.5. The second kappa shape index (κ2) is 6.75. The second-order valence-corrected chi connectivity index (χ2v) is 5.69. The normalized spacial score (nSPS) is 17.4. The maximum atomic E-state index is 12.2. The van der Waals surface area contributed by atoms with E-state index in [1.165, 1.54) is 6.42 Å². The quantitative estimate of drug-likeness (QED) is 0.895. The lowest BCUT2D eigenvalue weighted by molar-refractivity contribution is -0.121. The monoisotopic (exact) mass is 294 g/mol. The summed E-state index contributed by atoms with van der Waals surface area (Å²) in [5.74, 6) is -0.590. The molecule has 0 heterocycles. The van der Waals surface area contributed by atoms with Gasteiger partial charge in [-0.15, -0.1) is 0 Å².